The average molecular weight is 448 g/mol. The normalized spacial score (nSPS) is 15.5. The molecule has 1 saturated carbocycles. The molecule has 0 spiro atoms. The largest absolute Gasteiger partial charge is 0.367 e. The lowest BCUT2D eigenvalue weighted by Gasteiger charge is -2.21. The number of urea groups is 1. The van der Waals surface area contributed by atoms with E-state index in [4.69, 9.17) is 12.2 Å². The maximum Gasteiger partial charge on any atom is 0.342 e. The molecule has 5 nitrogen and oxygen atoms in total. The zero-order chi connectivity index (χ0) is 21.7. The van der Waals surface area contributed by atoms with E-state index in [2.05, 4.69) is 24.9 Å². The van der Waals surface area contributed by atoms with E-state index in [0.717, 1.165) is 24.5 Å². The maximum atomic E-state index is 13.7. The van der Waals surface area contributed by atoms with Crippen LogP contribution < -0.4 is 15.9 Å². The number of nitrogens with one attached hydrogen (secondary N) is 2. The second-order valence-corrected chi connectivity index (χ2v) is 7.77. The smallest absolute Gasteiger partial charge is 0.342 e. The summed E-state index contributed by atoms with van der Waals surface area (Å²) in [6.45, 7) is 2.38. The highest BCUT2D eigenvalue weighted by atomic mass is 32.1. The highest BCUT2D eigenvalue weighted by molar-refractivity contribution is 7.78. The number of hydrogen-bond donors (Lipinski definition) is 2. The highest BCUT2D eigenvalue weighted by Gasteiger charge is 2.20. The average Bonchev–Trinajstić information content (AvgIpc) is 3.58. The molecule has 9 heteroatoms. The zero-order valence-electron chi connectivity index (χ0n) is 16.5. The van der Waals surface area contributed by atoms with Crippen LogP contribution in [-0.4, -0.2) is 28.8 Å². The minimum atomic E-state index is -0.932. The van der Waals surface area contributed by atoms with Crippen molar-refractivity contribution in [1.82, 2.24) is 15.5 Å². The summed E-state index contributed by atoms with van der Waals surface area (Å²) in [4.78, 5) is 18.1. The monoisotopic (exact) mass is 448 g/mol. The second kappa shape index (κ2) is 10.0. The summed E-state index contributed by atoms with van der Waals surface area (Å²) in [5, 5.41) is 5.98. The molecule has 1 aliphatic heterocycles. The van der Waals surface area contributed by atoms with Gasteiger partial charge in [-0.2, -0.15) is 4.99 Å². The van der Waals surface area contributed by atoms with Gasteiger partial charge in [-0.25, -0.2) is 13.6 Å². The van der Waals surface area contributed by atoms with Crippen LogP contribution in [0.3, 0.4) is 0 Å². The summed E-state index contributed by atoms with van der Waals surface area (Å²) < 4.78 is 27.2. The molecule has 1 aromatic carbocycles. The van der Waals surface area contributed by atoms with Crippen LogP contribution in [0.2, 0.25) is 0 Å². The third kappa shape index (κ3) is 5.58. The summed E-state index contributed by atoms with van der Waals surface area (Å²) >= 11 is 5.06. The van der Waals surface area contributed by atoms with E-state index in [0.29, 0.717) is 24.4 Å². The molecule has 1 fully saturated rings. The van der Waals surface area contributed by atoms with E-state index >= 15 is 0 Å². The molecule has 2 N–H and O–H groups in total. The number of amidine groups is 1. The predicted octanol–water partition coefficient (Wildman–Crippen LogP) is 3.83. The zero-order valence-corrected chi connectivity index (χ0v) is 18.5. The molecule has 1 aliphatic carbocycles. The minimum Gasteiger partial charge on any atom is -0.367 e. The number of thiocarbonyl (C=S) groups is 1. The van der Waals surface area contributed by atoms with Crippen molar-refractivity contribution in [2.45, 2.75) is 32.7 Å². The fraction of sp³-hybridized carbons (Fsp3) is 0.286. The number of benzene rings is 1. The molecule has 1 heterocycles. The van der Waals surface area contributed by atoms with Crippen molar-refractivity contribution in [1.29, 1.82) is 0 Å². The van der Waals surface area contributed by atoms with E-state index in [-0.39, 0.29) is 11.8 Å². The van der Waals surface area contributed by atoms with Gasteiger partial charge in [0.2, 0.25) is 0 Å². The molecule has 2 amide bonds. The third-order valence-corrected chi connectivity index (χ3v) is 5.41. The first-order valence-corrected chi connectivity index (χ1v) is 10.6. The van der Waals surface area contributed by atoms with Crippen molar-refractivity contribution >= 4 is 44.1 Å². The Labute approximate surface area is 182 Å². The lowest BCUT2D eigenvalue weighted by molar-refractivity contribution is 0.249. The molecule has 1 aromatic rings. The first kappa shape index (κ1) is 22.2. The molecule has 1 unspecified atom stereocenters. The van der Waals surface area contributed by atoms with Gasteiger partial charge in [-0.3, -0.25) is 0 Å². The Bertz CT molecular complexity index is 958. The van der Waals surface area contributed by atoms with Crippen LogP contribution in [0.5, 0.6) is 0 Å². The second-order valence-electron chi connectivity index (χ2n) is 6.94. The van der Waals surface area contributed by atoms with E-state index in [9.17, 15) is 13.6 Å². The van der Waals surface area contributed by atoms with Crippen molar-refractivity contribution < 1.29 is 13.6 Å². The van der Waals surface area contributed by atoms with Gasteiger partial charge in [-0.15, -0.1) is 9.24 Å². The van der Waals surface area contributed by atoms with Crippen LogP contribution >= 0.6 is 21.5 Å². The third-order valence-electron chi connectivity index (χ3n) is 4.74. The summed E-state index contributed by atoms with van der Waals surface area (Å²) in [6, 6.07) is 2.15. The molecule has 0 bridgehead atoms. The Balaban J connectivity index is 1.67. The molecule has 3 rings (SSSR count). The van der Waals surface area contributed by atoms with Crippen LogP contribution in [-0.2, 0) is 6.54 Å². The fourth-order valence-corrected chi connectivity index (χ4v) is 3.66. The first-order valence-electron chi connectivity index (χ1n) is 9.57. The minimum absolute atomic E-state index is 0.131. The lowest BCUT2D eigenvalue weighted by Crippen LogP contribution is -2.32. The number of amides is 2. The van der Waals surface area contributed by atoms with Crippen molar-refractivity contribution in [3.63, 3.8) is 0 Å². The van der Waals surface area contributed by atoms with Gasteiger partial charge >= 0.3 is 6.03 Å². The summed E-state index contributed by atoms with van der Waals surface area (Å²) in [6.07, 6.45) is 8.39. The standard InChI is InChI=1S/C21H23F2N4OPS/c1-2-19(27(12-30)11-13-7-17(22)20(23)18(29)8-13)26-21(28)25-10-15-9-24-6-5-16(15)14-3-4-14/h5-9,12,24H,2-4,10-11,29H2,1H3,(H,25,28)/b26-19-. The van der Waals surface area contributed by atoms with Crippen LogP contribution in [0, 0.1) is 11.6 Å². The summed E-state index contributed by atoms with van der Waals surface area (Å²) in [7, 11) is 2.17. The Morgan fingerprint density at radius 3 is 2.80 bits per heavy atom. The van der Waals surface area contributed by atoms with Crippen LogP contribution in [0.1, 0.15) is 31.7 Å². The quantitative estimate of drug-likeness (QED) is 0.301. The molecule has 1 atom stereocenters. The molecule has 0 radical (unpaired) electrons. The molecular weight excluding hydrogens is 425 g/mol. The summed E-state index contributed by atoms with van der Waals surface area (Å²) in [5.74, 6) is -1.39. The molecule has 158 valence electrons. The number of allylic oxidation sites excluding steroid dienone is 2. The number of halogens is 2. The van der Waals surface area contributed by atoms with Gasteiger partial charge in [0.1, 0.15) is 5.84 Å². The van der Waals surface area contributed by atoms with Gasteiger partial charge in [0.15, 0.2) is 11.6 Å². The Morgan fingerprint density at radius 1 is 1.40 bits per heavy atom. The van der Waals surface area contributed by atoms with Crippen molar-refractivity contribution in [3.05, 3.63) is 64.5 Å². The van der Waals surface area contributed by atoms with E-state index in [1.807, 2.05) is 25.4 Å². The van der Waals surface area contributed by atoms with Gasteiger partial charge in [-0.05, 0) is 47.8 Å². The Hall–Kier alpha value is -2.44. The number of dihydropyridines is 1. The number of nitrogens with zero attached hydrogens (tertiary/aromatic N) is 2. The lowest BCUT2D eigenvalue weighted by atomic mass is 10.0. The highest BCUT2D eigenvalue weighted by Crippen LogP contribution is 2.35. The van der Waals surface area contributed by atoms with Gasteiger partial charge < -0.3 is 15.5 Å². The van der Waals surface area contributed by atoms with Gasteiger partial charge in [0.05, 0.1) is 5.49 Å². The van der Waals surface area contributed by atoms with Gasteiger partial charge in [0, 0.05) is 37.2 Å². The van der Waals surface area contributed by atoms with Crippen molar-refractivity contribution in [2.24, 2.45) is 4.99 Å². The number of carbonyl (C=O) groups is 1. The number of aliphatic imine (C=N–C) groups is 1. The van der Waals surface area contributed by atoms with Crippen molar-refractivity contribution in [2.75, 3.05) is 6.54 Å². The van der Waals surface area contributed by atoms with Crippen LogP contribution in [0.15, 0.2) is 52.3 Å². The van der Waals surface area contributed by atoms with E-state index in [1.54, 1.807) is 4.90 Å². The topological polar surface area (TPSA) is 56.7 Å². The Morgan fingerprint density at radius 2 is 2.17 bits per heavy atom. The summed E-state index contributed by atoms with van der Waals surface area (Å²) in [5.41, 5.74) is 5.44. The Kier molecular flexibility index (Phi) is 7.45. The number of hydrogen-bond acceptors (Lipinski definition) is 3. The van der Waals surface area contributed by atoms with E-state index in [1.165, 1.54) is 22.7 Å². The van der Waals surface area contributed by atoms with Crippen LogP contribution in [0.4, 0.5) is 13.6 Å². The molecular formula is C21H23F2N4OPS. The molecule has 0 aromatic heterocycles. The van der Waals surface area contributed by atoms with Gasteiger partial charge in [-0.1, -0.05) is 24.7 Å². The maximum absolute atomic E-state index is 13.7. The number of carbonyl (C=O) groups excluding carboxylic acids is 1. The van der Waals surface area contributed by atoms with E-state index < -0.39 is 17.7 Å². The van der Waals surface area contributed by atoms with Crippen LogP contribution in [0.25, 0.3) is 0 Å². The van der Waals surface area contributed by atoms with Gasteiger partial charge in [0.25, 0.3) is 0 Å². The molecule has 30 heavy (non-hydrogen) atoms. The predicted molar refractivity (Wildman–Crippen MR) is 123 cm³/mol. The fourth-order valence-electron chi connectivity index (χ4n) is 3.11. The first-order chi connectivity index (χ1) is 14.4. The SMILES string of the molecule is CC/C(=N/C(=O)NCC1=CNC=CC1=C1CC1)N(C=S)Cc1cc(F)c(F)c(P)c1. The number of rotatable bonds is 6. The molecule has 0 saturated heterocycles. The van der Waals surface area contributed by atoms with Crippen molar-refractivity contribution in [3.8, 4) is 0 Å². The molecule has 2 aliphatic rings.